The van der Waals surface area contributed by atoms with Crippen molar-refractivity contribution in [1.82, 2.24) is 0 Å². The largest absolute Gasteiger partial charge is 0.372 e. The zero-order valence-corrected chi connectivity index (χ0v) is 11.1. The van der Waals surface area contributed by atoms with E-state index in [1.165, 1.54) is 24.0 Å². The van der Waals surface area contributed by atoms with E-state index in [4.69, 9.17) is 10.5 Å². The van der Waals surface area contributed by atoms with E-state index in [1.807, 2.05) is 25.1 Å². The van der Waals surface area contributed by atoms with Gasteiger partial charge in [0.15, 0.2) is 0 Å². The predicted molar refractivity (Wildman–Crippen MR) is 75.3 cm³/mol. The van der Waals surface area contributed by atoms with Crippen LogP contribution in [-0.2, 0) is 4.74 Å². The van der Waals surface area contributed by atoms with Crippen molar-refractivity contribution in [2.45, 2.75) is 44.8 Å². The van der Waals surface area contributed by atoms with E-state index >= 15 is 0 Å². The summed E-state index contributed by atoms with van der Waals surface area (Å²) in [5, 5.41) is 0. The van der Waals surface area contributed by atoms with Crippen molar-refractivity contribution in [1.29, 1.82) is 0 Å². The van der Waals surface area contributed by atoms with Crippen LogP contribution in [0.15, 0.2) is 42.0 Å². The van der Waals surface area contributed by atoms with Crippen molar-refractivity contribution in [2.75, 3.05) is 6.61 Å². The van der Waals surface area contributed by atoms with E-state index < -0.39 is 0 Å². The second kappa shape index (κ2) is 6.72. The van der Waals surface area contributed by atoms with Gasteiger partial charge in [-0.2, -0.15) is 0 Å². The number of allylic oxidation sites excluding steroid dienone is 1. The van der Waals surface area contributed by atoms with Gasteiger partial charge in [0.05, 0.1) is 6.04 Å². The van der Waals surface area contributed by atoms with Gasteiger partial charge in [-0.3, -0.25) is 0 Å². The van der Waals surface area contributed by atoms with Gasteiger partial charge in [0.1, 0.15) is 6.10 Å². The highest BCUT2D eigenvalue weighted by atomic mass is 16.5. The molecule has 18 heavy (non-hydrogen) atoms. The molecule has 0 bridgehead atoms. The second-order valence-corrected chi connectivity index (χ2v) is 4.84. The summed E-state index contributed by atoms with van der Waals surface area (Å²) in [7, 11) is 0. The molecular weight excluding hydrogens is 222 g/mol. The Kier molecular flexibility index (Phi) is 4.97. The first-order valence-corrected chi connectivity index (χ1v) is 6.94. The monoisotopic (exact) mass is 245 g/mol. The third kappa shape index (κ3) is 3.21. The Balaban J connectivity index is 2.16. The standard InChI is InChI=1S/C16H23NO/c1-2-18-16(14-11-7-4-8-12-14)15(17)13-9-5-3-6-10-13/h4,7-9,11-12,15-16H,2-3,5-6,10,17H2,1H3. The lowest BCUT2D eigenvalue weighted by atomic mass is 9.89. The molecule has 0 radical (unpaired) electrons. The molecule has 1 aliphatic rings. The molecule has 0 fully saturated rings. The van der Waals surface area contributed by atoms with Crippen molar-refractivity contribution in [3.05, 3.63) is 47.5 Å². The molecule has 0 spiro atoms. The number of rotatable bonds is 5. The highest BCUT2D eigenvalue weighted by Crippen LogP contribution is 2.29. The predicted octanol–water partition coefficient (Wildman–Crippen LogP) is 3.59. The molecule has 2 nitrogen and oxygen atoms in total. The van der Waals surface area contributed by atoms with Crippen molar-refractivity contribution in [3.63, 3.8) is 0 Å². The maximum absolute atomic E-state index is 6.42. The van der Waals surface area contributed by atoms with Gasteiger partial charge in [0.25, 0.3) is 0 Å². The number of ether oxygens (including phenoxy) is 1. The van der Waals surface area contributed by atoms with Gasteiger partial charge < -0.3 is 10.5 Å². The zero-order valence-electron chi connectivity index (χ0n) is 11.1. The minimum Gasteiger partial charge on any atom is -0.372 e. The third-order valence-electron chi connectivity index (χ3n) is 3.55. The molecule has 0 saturated heterocycles. The molecule has 0 saturated carbocycles. The van der Waals surface area contributed by atoms with E-state index in [-0.39, 0.29) is 12.1 Å². The third-order valence-corrected chi connectivity index (χ3v) is 3.55. The van der Waals surface area contributed by atoms with Crippen molar-refractivity contribution >= 4 is 0 Å². The molecule has 0 amide bonds. The summed E-state index contributed by atoms with van der Waals surface area (Å²) in [6.07, 6.45) is 7.13. The molecule has 2 N–H and O–H groups in total. The number of nitrogens with two attached hydrogens (primary N) is 1. The van der Waals surface area contributed by atoms with Crippen molar-refractivity contribution in [2.24, 2.45) is 5.73 Å². The fraction of sp³-hybridized carbons (Fsp3) is 0.500. The molecule has 2 atom stereocenters. The molecule has 98 valence electrons. The summed E-state index contributed by atoms with van der Waals surface area (Å²) in [5.74, 6) is 0. The Bertz CT molecular complexity index is 385. The summed E-state index contributed by atoms with van der Waals surface area (Å²) < 4.78 is 5.88. The van der Waals surface area contributed by atoms with E-state index in [1.54, 1.807) is 0 Å². The molecule has 2 heteroatoms. The number of hydrogen-bond acceptors (Lipinski definition) is 2. The molecule has 2 rings (SSSR count). The van der Waals surface area contributed by atoms with E-state index in [9.17, 15) is 0 Å². The minimum atomic E-state index is -0.0134. The lowest BCUT2D eigenvalue weighted by Gasteiger charge is -2.28. The maximum Gasteiger partial charge on any atom is 0.101 e. The molecule has 2 unspecified atom stereocenters. The Morgan fingerprint density at radius 2 is 2.00 bits per heavy atom. The Morgan fingerprint density at radius 1 is 1.22 bits per heavy atom. The first kappa shape index (κ1) is 13.3. The first-order valence-electron chi connectivity index (χ1n) is 6.94. The SMILES string of the molecule is CCOC(c1ccccc1)C(N)C1=CCCCC1. The number of benzene rings is 1. The Morgan fingerprint density at radius 3 is 2.61 bits per heavy atom. The van der Waals surface area contributed by atoms with Gasteiger partial charge in [-0.15, -0.1) is 0 Å². The highest BCUT2D eigenvalue weighted by Gasteiger charge is 2.24. The summed E-state index contributed by atoms with van der Waals surface area (Å²) >= 11 is 0. The average Bonchev–Trinajstić information content (AvgIpc) is 2.46. The lowest BCUT2D eigenvalue weighted by molar-refractivity contribution is 0.0502. The maximum atomic E-state index is 6.42. The van der Waals surface area contributed by atoms with Crippen LogP contribution < -0.4 is 5.73 Å². The summed E-state index contributed by atoms with van der Waals surface area (Å²) in [5.41, 5.74) is 8.96. The van der Waals surface area contributed by atoms with Crippen molar-refractivity contribution < 1.29 is 4.74 Å². The van der Waals surface area contributed by atoms with Gasteiger partial charge in [-0.05, 0) is 38.2 Å². The summed E-state index contributed by atoms with van der Waals surface area (Å²) in [6, 6.07) is 10.3. The van der Waals surface area contributed by atoms with Crippen molar-refractivity contribution in [3.8, 4) is 0 Å². The normalized spacial score (nSPS) is 19.1. The molecule has 1 aliphatic carbocycles. The average molecular weight is 245 g/mol. The van der Waals surface area contributed by atoms with Crippen LogP contribution in [0.5, 0.6) is 0 Å². The lowest BCUT2D eigenvalue weighted by Crippen LogP contribution is -2.33. The fourth-order valence-corrected chi connectivity index (χ4v) is 2.59. The van der Waals surface area contributed by atoms with Crippen LogP contribution in [0.25, 0.3) is 0 Å². The fourth-order valence-electron chi connectivity index (χ4n) is 2.59. The van der Waals surface area contributed by atoms with Crippen LogP contribution in [0.4, 0.5) is 0 Å². The molecule has 0 heterocycles. The smallest absolute Gasteiger partial charge is 0.101 e. The Labute approximate surface area is 110 Å². The summed E-state index contributed by atoms with van der Waals surface area (Å²) in [4.78, 5) is 0. The first-order chi connectivity index (χ1) is 8.83. The van der Waals surface area contributed by atoms with Gasteiger partial charge in [0, 0.05) is 6.61 Å². The molecule has 0 aliphatic heterocycles. The van der Waals surface area contributed by atoms with Gasteiger partial charge in [-0.25, -0.2) is 0 Å². The van der Waals surface area contributed by atoms with E-state index in [0.29, 0.717) is 6.61 Å². The molecule has 0 aromatic heterocycles. The van der Waals surface area contributed by atoms with E-state index in [0.717, 1.165) is 12.8 Å². The zero-order chi connectivity index (χ0) is 12.8. The van der Waals surface area contributed by atoms with Gasteiger partial charge in [-0.1, -0.05) is 42.0 Å². The van der Waals surface area contributed by atoms with Crippen LogP contribution in [-0.4, -0.2) is 12.6 Å². The topological polar surface area (TPSA) is 35.2 Å². The van der Waals surface area contributed by atoms with E-state index in [2.05, 4.69) is 18.2 Å². The van der Waals surface area contributed by atoms with Crippen LogP contribution in [0.1, 0.15) is 44.3 Å². The van der Waals surface area contributed by atoms with Crippen LogP contribution in [0.3, 0.4) is 0 Å². The number of hydrogen-bond donors (Lipinski definition) is 1. The minimum absolute atomic E-state index is 0.00681. The van der Waals surface area contributed by atoms with Crippen LogP contribution in [0.2, 0.25) is 0 Å². The molecular formula is C16H23NO. The van der Waals surface area contributed by atoms with Crippen LogP contribution in [0, 0.1) is 0 Å². The van der Waals surface area contributed by atoms with Crippen LogP contribution >= 0.6 is 0 Å². The molecule has 1 aromatic rings. The summed E-state index contributed by atoms with van der Waals surface area (Å²) in [6.45, 7) is 2.72. The van der Waals surface area contributed by atoms with Gasteiger partial charge >= 0.3 is 0 Å². The highest BCUT2D eigenvalue weighted by molar-refractivity contribution is 5.25. The quantitative estimate of drug-likeness (QED) is 0.805. The van der Waals surface area contributed by atoms with Gasteiger partial charge in [0.2, 0.25) is 0 Å². The molecule has 1 aromatic carbocycles. The second-order valence-electron chi connectivity index (χ2n) is 4.84. The Hall–Kier alpha value is -1.12.